The average Bonchev–Trinajstić information content (AvgIpc) is 2.58. The monoisotopic (exact) mass is 232 g/mol. The molecule has 0 radical (unpaired) electrons. The summed E-state index contributed by atoms with van der Waals surface area (Å²) in [7, 11) is 0. The molecule has 0 aliphatic rings. The van der Waals surface area contributed by atoms with E-state index in [2.05, 4.69) is 15.3 Å². The zero-order valence-corrected chi connectivity index (χ0v) is 9.58. The predicted octanol–water partition coefficient (Wildman–Crippen LogP) is 0.906. The molecule has 6 heteroatoms. The maximum Gasteiger partial charge on any atom is 0.307 e. The second-order valence-electron chi connectivity index (χ2n) is 3.71. The SMILES string of the molecule is Cc1nn(-c2cccnn2)c(C)c1CC(=O)O. The summed E-state index contributed by atoms with van der Waals surface area (Å²) in [6.45, 7) is 3.62. The highest BCUT2D eigenvalue weighted by atomic mass is 16.4. The normalized spacial score (nSPS) is 10.5. The Morgan fingerprint density at radius 1 is 1.47 bits per heavy atom. The molecule has 1 N–H and O–H groups in total. The summed E-state index contributed by atoms with van der Waals surface area (Å²) in [5.41, 5.74) is 2.21. The fourth-order valence-corrected chi connectivity index (χ4v) is 1.71. The van der Waals surface area contributed by atoms with Gasteiger partial charge in [0, 0.05) is 17.5 Å². The van der Waals surface area contributed by atoms with Gasteiger partial charge < -0.3 is 5.11 Å². The molecule has 0 fully saturated rings. The van der Waals surface area contributed by atoms with Gasteiger partial charge in [0.1, 0.15) is 0 Å². The number of nitrogens with zero attached hydrogens (tertiary/aromatic N) is 4. The Kier molecular flexibility index (Phi) is 2.86. The van der Waals surface area contributed by atoms with Crippen LogP contribution in [0.3, 0.4) is 0 Å². The third-order valence-corrected chi connectivity index (χ3v) is 2.54. The highest BCUT2D eigenvalue weighted by Crippen LogP contribution is 2.16. The Balaban J connectivity index is 2.48. The number of carboxylic acid groups (broad SMARTS) is 1. The van der Waals surface area contributed by atoms with E-state index in [9.17, 15) is 4.79 Å². The highest BCUT2D eigenvalue weighted by Gasteiger charge is 2.15. The number of hydrogen-bond acceptors (Lipinski definition) is 4. The van der Waals surface area contributed by atoms with Crippen LogP contribution in [0.1, 0.15) is 17.0 Å². The van der Waals surface area contributed by atoms with Crippen LogP contribution < -0.4 is 0 Å². The van der Waals surface area contributed by atoms with Crippen LogP contribution in [-0.4, -0.2) is 31.1 Å². The molecular formula is C11H12N4O2. The molecule has 2 aromatic rings. The number of aliphatic carboxylic acids is 1. The Labute approximate surface area is 97.9 Å². The van der Waals surface area contributed by atoms with Crippen molar-refractivity contribution in [3.63, 3.8) is 0 Å². The fraction of sp³-hybridized carbons (Fsp3) is 0.273. The molecule has 0 aliphatic carbocycles. The highest BCUT2D eigenvalue weighted by molar-refractivity contribution is 5.71. The number of aromatic nitrogens is 4. The lowest BCUT2D eigenvalue weighted by atomic mass is 10.1. The first-order valence-corrected chi connectivity index (χ1v) is 5.14. The minimum Gasteiger partial charge on any atom is -0.481 e. The first kappa shape index (κ1) is 11.3. The summed E-state index contributed by atoms with van der Waals surface area (Å²) in [5.74, 6) is -0.278. The molecule has 0 atom stereocenters. The van der Waals surface area contributed by atoms with Gasteiger partial charge >= 0.3 is 5.97 Å². The molecule has 88 valence electrons. The molecule has 0 aromatic carbocycles. The standard InChI is InChI=1S/C11H12N4O2/c1-7-9(6-11(16)17)8(2)15(14-7)10-4-3-5-12-13-10/h3-5H,6H2,1-2H3,(H,16,17). The first-order chi connectivity index (χ1) is 8.09. The van der Waals surface area contributed by atoms with Crippen molar-refractivity contribution in [3.05, 3.63) is 35.3 Å². The number of aryl methyl sites for hydroxylation is 1. The van der Waals surface area contributed by atoms with E-state index in [-0.39, 0.29) is 6.42 Å². The number of hydrogen-bond donors (Lipinski definition) is 1. The van der Waals surface area contributed by atoms with Crippen molar-refractivity contribution >= 4 is 5.97 Å². The van der Waals surface area contributed by atoms with Crippen LogP contribution in [-0.2, 0) is 11.2 Å². The van der Waals surface area contributed by atoms with Crippen LogP contribution in [0.15, 0.2) is 18.3 Å². The van der Waals surface area contributed by atoms with Gasteiger partial charge in [-0.2, -0.15) is 10.2 Å². The van der Waals surface area contributed by atoms with Gasteiger partial charge in [-0.3, -0.25) is 4.79 Å². The fourth-order valence-electron chi connectivity index (χ4n) is 1.71. The number of rotatable bonds is 3. The second kappa shape index (κ2) is 4.32. The number of carboxylic acids is 1. The van der Waals surface area contributed by atoms with E-state index in [1.165, 1.54) is 0 Å². The maximum absolute atomic E-state index is 10.8. The van der Waals surface area contributed by atoms with Gasteiger partial charge in [-0.25, -0.2) is 4.68 Å². The lowest BCUT2D eigenvalue weighted by Crippen LogP contribution is -2.05. The summed E-state index contributed by atoms with van der Waals surface area (Å²) in [6.07, 6.45) is 1.55. The van der Waals surface area contributed by atoms with Gasteiger partial charge in [-0.1, -0.05) is 0 Å². The zero-order chi connectivity index (χ0) is 12.4. The molecule has 0 bridgehead atoms. The van der Waals surface area contributed by atoms with Crippen LogP contribution in [0.5, 0.6) is 0 Å². The van der Waals surface area contributed by atoms with E-state index in [1.807, 2.05) is 6.92 Å². The lowest BCUT2D eigenvalue weighted by molar-refractivity contribution is -0.136. The Morgan fingerprint density at radius 2 is 2.24 bits per heavy atom. The molecule has 2 rings (SSSR count). The van der Waals surface area contributed by atoms with Crippen LogP contribution in [0, 0.1) is 13.8 Å². The minimum absolute atomic E-state index is 0.0298. The number of carbonyl (C=O) groups is 1. The van der Waals surface area contributed by atoms with E-state index < -0.39 is 5.97 Å². The summed E-state index contributed by atoms with van der Waals surface area (Å²) >= 11 is 0. The molecule has 0 saturated carbocycles. The molecule has 17 heavy (non-hydrogen) atoms. The summed E-state index contributed by atoms with van der Waals surface area (Å²) in [5, 5.41) is 20.8. The van der Waals surface area contributed by atoms with Gasteiger partial charge in [-0.15, -0.1) is 5.10 Å². The maximum atomic E-state index is 10.8. The molecule has 6 nitrogen and oxygen atoms in total. The van der Waals surface area contributed by atoms with Crippen LogP contribution in [0.2, 0.25) is 0 Å². The van der Waals surface area contributed by atoms with Gasteiger partial charge in [0.05, 0.1) is 12.1 Å². The molecule has 0 unspecified atom stereocenters. The van der Waals surface area contributed by atoms with Crippen molar-refractivity contribution in [1.29, 1.82) is 0 Å². The summed E-state index contributed by atoms with van der Waals surface area (Å²) < 4.78 is 1.61. The van der Waals surface area contributed by atoms with Crippen molar-refractivity contribution in [3.8, 4) is 5.82 Å². The largest absolute Gasteiger partial charge is 0.481 e. The second-order valence-corrected chi connectivity index (χ2v) is 3.71. The third kappa shape index (κ3) is 2.15. The molecule has 0 aliphatic heterocycles. The van der Waals surface area contributed by atoms with Gasteiger partial charge in [0.2, 0.25) is 0 Å². The van der Waals surface area contributed by atoms with Crippen molar-refractivity contribution in [1.82, 2.24) is 20.0 Å². The van der Waals surface area contributed by atoms with Gasteiger partial charge in [0.15, 0.2) is 5.82 Å². The minimum atomic E-state index is -0.866. The molecule has 0 amide bonds. The van der Waals surface area contributed by atoms with Crippen LogP contribution in [0.25, 0.3) is 5.82 Å². The van der Waals surface area contributed by atoms with Crippen LogP contribution in [0.4, 0.5) is 0 Å². The van der Waals surface area contributed by atoms with Crippen molar-refractivity contribution in [2.45, 2.75) is 20.3 Å². The quantitative estimate of drug-likeness (QED) is 0.850. The van der Waals surface area contributed by atoms with E-state index in [0.29, 0.717) is 11.5 Å². The topological polar surface area (TPSA) is 80.9 Å². The molecule has 0 spiro atoms. The predicted molar refractivity (Wildman–Crippen MR) is 60.0 cm³/mol. The van der Waals surface area contributed by atoms with Crippen molar-refractivity contribution in [2.24, 2.45) is 0 Å². The summed E-state index contributed by atoms with van der Waals surface area (Å²) in [6, 6.07) is 3.53. The van der Waals surface area contributed by atoms with Crippen molar-refractivity contribution < 1.29 is 9.90 Å². The van der Waals surface area contributed by atoms with Crippen LogP contribution >= 0.6 is 0 Å². The zero-order valence-electron chi connectivity index (χ0n) is 9.58. The molecule has 0 saturated heterocycles. The van der Waals surface area contributed by atoms with E-state index in [0.717, 1.165) is 11.3 Å². The van der Waals surface area contributed by atoms with E-state index >= 15 is 0 Å². The molecule has 2 aromatic heterocycles. The third-order valence-electron chi connectivity index (χ3n) is 2.54. The van der Waals surface area contributed by atoms with Gasteiger partial charge in [-0.05, 0) is 26.0 Å². The van der Waals surface area contributed by atoms with Crippen molar-refractivity contribution in [2.75, 3.05) is 0 Å². The molecular weight excluding hydrogens is 220 g/mol. The first-order valence-electron chi connectivity index (χ1n) is 5.14. The van der Waals surface area contributed by atoms with Gasteiger partial charge in [0.25, 0.3) is 0 Å². The average molecular weight is 232 g/mol. The Morgan fingerprint density at radius 3 is 2.82 bits per heavy atom. The van der Waals surface area contributed by atoms with E-state index in [4.69, 9.17) is 5.11 Å². The summed E-state index contributed by atoms with van der Waals surface area (Å²) in [4.78, 5) is 10.8. The Bertz CT molecular complexity index is 548. The smallest absolute Gasteiger partial charge is 0.307 e. The van der Waals surface area contributed by atoms with E-state index in [1.54, 1.807) is 29.9 Å². The lowest BCUT2D eigenvalue weighted by Gasteiger charge is -2.02. The Hall–Kier alpha value is -2.24. The molecule has 2 heterocycles.